The van der Waals surface area contributed by atoms with Gasteiger partial charge in [0.25, 0.3) is 11.5 Å². The molecule has 0 aliphatic rings. The lowest BCUT2D eigenvalue weighted by molar-refractivity contribution is 0.0810. The van der Waals surface area contributed by atoms with Gasteiger partial charge in [0.15, 0.2) is 4.96 Å². The Morgan fingerprint density at radius 3 is 2.75 bits per heavy atom. The predicted molar refractivity (Wildman–Crippen MR) is 95.3 cm³/mol. The molecule has 0 aliphatic heterocycles. The van der Waals surface area contributed by atoms with Gasteiger partial charge in [0.1, 0.15) is 5.56 Å². The number of aryl methyl sites for hydroxylation is 1. The van der Waals surface area contributed by atoms with Crippen LogP contribution >= 0.6 is 11.3 Å². The van der Waals surface area contributed by atoms with Crippen molar-refractivity contribution in [3.63, 3.8) is 0 Å². The predicted octanol–water partition coefficient (Wildman–Crippen LogP) is 2.44. The molecule has 0 aliphatic carbocycles. The first-order valence-electron chi connectivity index (χ1n) is 7.28. The van der Waals surface area contributed by atoms with E-state index < -0.39 is 5.91 Å². The number of amides is 1. The van der Waals surface area contributed by atoms with Gasteiger partial charge in [-0.3, -0.25) is 14.0 Å². The van der Waals surface area contributed by atoms with Crippen LogP contribution in [0.1, 0.15) is 15.9 Å². The molecule has 2 aromatic heterocycles. The fraction of sp³-hybridized carbons (Fsp3) is 0.167. The van der Waals surface area contributed by atoms with Crippen LogP contribution in [-0.2, 0) is 0 Å². The van der Waals surface area contributed by atoms with Crippen molar-refractivity contribution in [3.8, 4) is 23.6 Å². The van der Waals surface area contributed by atoms with Crippen LogP contribution in [0.4, 0.5) is 0 Å². The number of terminal acetylenes is 1. The minimum Gasteiger partial charge on any atom is -0.330 e. The molecule has 1 amide bonds. The van der Waals surface area contributed by atoms with E-state index in [1.807, 2.05) is 36.6 Å². The molecule has 120 valence electrons. The third kappa shape index (κ3) is 2.70. The minimum atomic E-state index is -0.430. The van der Waals surface area contributed by atoms with E-state index in [9.17, 15) is 9.59 Å². The van der Waals surface area contributed by atoms with Crippen LogP contribution < -0.4 is 5.56 Å². The first kappa shape index (κ1) is 16.0. The number of fused-ring (bicyclic) bond motifs is 1. The number of rotatable bonds is 3. The first-order chi connectivity index (χ1) is 11.5. The molecule has 3 aromatic rings. The quantitative estimate of drug-likeness (QED) is 0.690. The summed E-state index contributed by atoms with van der Waals surface area (Å²) in [5.41, 5.74) is 2.39. The second kappa shape index (κ2) is 6.30. The number of thiazole rings is 1. The highest BCUT2D eigenvalue weighted by Crippen LogP contribution is 2.24. The molecular formula is C18H15N3O2S. The molecule has 6 heteroatoms. The molecular weight excluding hydrogens is 322 g/mol. The molecule has 0 atom stereocenters. The molecule has 1 aromatic carbocycles. The van der Waals surface area contributed by atoms with E-state index in [0.717, 1.165) is 16.8 Å². The van der Waals surface area contributed by atoms with Crippen molar-refractivity contribution in [2.75, 3.05) is 13.6 Å². The van der Waals surface area contributed by atoms with Gasteiger partial charge in [0, 0.05) is 18.6 Å². The Bertz CT molecular complexity index is 1010. The van der Waals surface area contributed by atoms with E-state index >= 15 is 0 Å². The van der Waals surface area contributed by atoms with Gasteiger partial charge in [-0.2, -0.15) is 0 Å². The van der Waals surface area contributed by atoms with Gasteiger partial charge in [-0.05, 0) is 12.5 Å². The van der Waals surface area contributed by atoms with Crippen molar-refractivity contribution in [1.82, 2.24) is 14.3 Å². The molecule has 24 heavy (non-hydrogen) atoms. The van der Waals surface area contributed by atoms with Gasteiger partial charge in [0.2, 0.25) is 0 Å². The summed E-state index contributed by atoms with van der Waals surface area (Å²) in [5.74, 6) is 1.96. The lowest BCUT2D eigenvalue weighted by Crippen LogP contribution is -2.33. The molecule has 0 fully saturated rings. The zero-order valence-corrected chi connectivity index (χ0v) is 14.1. The van der Waals surface area contributed by atoms with Crippen LogP contribution in [0, 0.1) is 19.3 Å². The fourth-order valence-electron chi connectivity index (χ4n) is 2.38. The zero-order chi connectivity index (χ0) is 17.3. The summed E-state index contributed by atoms with van der Waals surface area (Å²) in [7, 11) is 1.56. The number of hydrogen-bond acceptors (Lipinski definition) is 4. The Balaban J connectivity index is 2.16. The molecule has 0 radical (unpaired) electrons. The van der Waals surface area contributed by atoms with E-state index in [2.05, 4.69) is 10.9 Å². The Morgan fingerprint density at radius 1 is 1.38 bits per heavy atom. The molecule has 0 N–H and O–H groups in total. The average molecular weight is 337 g/mol. The Hall–Kier alpha value is -2.91. The number of carbonyl (C=O) groups excluding carboxylic acids is 1. The summed E-state index contributed by atoms with van der Waals surface area (Å²) < 4.78 is 1.48. The van der Waals surface area contributed by atoms with Crippen molar-refractivity contribution < 1.29 is 4.79 Å². The second-order valence-corrected chi connectivity index (χ2v) is 6.28. The number of aromatic nitrogens is 2. The van der Waals surface area contributed by atoms with E-state index in [1.165, 1.54) is 26.8 Å². The summed E-state index contributed by atoms with van der Waals surface area (Å²) >= 11 is 1.36. The van der Waals surface area contributed by atoms with E-state index in [-0.39, 0.29) is 17.7 Å². The van der Waals surface area contributed by atoms with Gasteiger partial charge in [-0.1, -0.05) is 35.7 Å². The van der Waals surface area contributed by atoms with E-state index in [4.69, 9.17) is 6.42 Å². The summed E-state index contributed by atoms with van der Waals surface area (Å²) in [6.45, 7) is 2.14. The molecule has 0 unspecified atom stereocenters. The van der Waals surface area contributed by atoms with Gasteiger partial charge in [0.05, 0.1) is 12.2 Å². The van der Waals surface area contributed by atoms with Crippen molar-refractivity contribution in [1.29, 1.82) is 0 Å². The van der Waals surface area contributed by atoms with Gasteiger partial charge < -0.3 is 4.90 Å². The van der Waals surface area contributed by atoms with Crippen LogP contribution in [0.25, 0.3) is 16.2 Å². The van der Waals surface area contributed by atoms with Gasteiger partial charge in [-0.25, -0.2) is 4.98 Å². The maximum atomic E-state index is 12.8. The summed E-state index contributed by atoms with van der Waals surface area (Å²) in [6.07, 6.45) is 6.55. The molecule has 5 nitrogen and oxygen atoms in total. The standard InChI is InChI=1S/C18H15N3O2S/c1-4-9-20(3)16(22)14-10-19-18-21(17(14)23)15(11-24-18)13-7-5-12(2)6-8-13/h1,5-8,10-11H,9H2,2-3H3. The van der Waals surface area contributed by atoms with E-state index in [1.54, 1.807) is 7.05 Å². The van der Waals surface area contributed by atoms with Crippen molar-refractivity contribution in [2.45, 2.75) is 6.92 Å². The minimum absolute atomic E-state index is 0.0111. The number of hydrogen-bond donors (Lipinski definition) is 0. The molecule has 0 saturated carbocycles. The highest BCUT2D eigenvalue weighted by molar-refractivity contribution is 7.15. The van der Waals surface area contributed by atoms with Crippen LogP contribution in [0.5, 0.6) is 0 Å². The molecule has 0 bridgehead atoms. The number of benzene rings is 1. The maximum Gasteiger partial charge on any atom is 0.271 e. The fourth-order valence-corrected chi connectivity index (χ4v) is 3.24. The summed E-state index contributed by atoms with van der Waals surface area (Å²) in [6, 6.07) is 7.85. The van der Waals surface area contributed by atoms with Crippen molar-refractivity contribution in [3.05, 3.63) is 57.3 Å². The van der Waals surface area contributed by atoms with E-state index in [0.29, 0.717) is 4.96 Å². The molecule has 3 rings (SSSR count). The highest BCUT2D eigenvalue weighted by atomic mass is 32.1. The second-order valence-electron chi connectivity index (χ2n) is 5.45. The maximum absolute atomic E-state index is 12.8. The zero-order valence-electron chi connectivity index (χ0n) is 13.3. The third-order valence-electron chi connectivity index (χ3n) is 3.70. The third-order valence-corrected chi connectivity index (χ3v) is 4.54. The Labute approximate surface area is 143 Å². The van der Waals surface area contributed by atoms with Crippen LogP contribution in [0.2, 0.25) is 0 Å². The van der Waals surface area contributed by atoms with Gasteiger partial charge in [-0.15, -0.1) is 17.8 Å². The number of nitrogens with zero attached hydrogens (tertiary/aromatic N) is 3. The van der Waals surface area contributed by atoms with Gasteiger partial charge >= 0.3 is 0 Å². The molecule has 0 spiro atoms. The summed E-state index contributed by atoms with van der Waals surface area (Å²) in [5, 5.41) is 1.87. The Kier molecular flexibility index (Phi) is 4.19. The van der Waals surface area contributed by atoms with Crippen molar-refractivity contribution in [2.24, 2.45) is 0 Å². The van der Waals surface area contributed by atoms with Crippen LogP contribution in [0.3, 0.4) is 0 Å². The monoisotopic (exact) mass is 337 g/mol. The lowest BCUT2D eigenvalue weighted by Gasteiger charge is -2.13. The first-order valence-corrected chi connectivity index (χ1v) is 8.16. The number of carbonyl (C=O) groups is 1. The van der Waals surface area contributed by atoms with Crippen molar-refractivity contribution >= 4 is 22.2 Å². The topological polar surface area (TPSA) is 54.7 Å². The average Bonchev–Trinajstić information content (AvgIpc) is 3.00. The van der Waals surface area contributed by atoms with Crippen LogP contribution in [-0.4, -0.2) is 33.8 Å². The lowest BCUT2D eigenvalue weighted by atomic mass is 10.1. The van der Waals surface area contributed by atoms with Crippen LogP contribution in [0.15, 0.2) is 40.6 Å². The SMILES string of the molecule is C#CCN(C)C(=O)c1cnc2scc(-c3ccc(C)cc3)n2c1=O. The smallest absolute Gasteiger partial charge is 0.271 e. The molecule has 0 saturated heterocycles. The largest absolute Gasteiger partial charge is 0.330 e. The summed E-state index contributed by atoms with van der Waals surface area (Å²) in [4.78, 5) is 31.3. The highest BCUT2D eigenvalue weighted by Gasteiger charge is 2.19. The normalized spacial score (nSPS) is 10.5. The molecule has 2 heterocycles. The Morgan fingerprint density at radius 2 is 2.08 bits per heavy atom.